The zero-order chi connectivity index (χ0) is 28.2. The van der Waals surface area contributed by atoms with Crippen molar-refractivity contribution in [2.24, 2.45) is 5.92 Å². The molecule has 3 aromatic carbocycles. The number of ether oxygens (including phenoxy) is 1. The molecular weight excluding hydrogens is 521 g/mol. The molecule has 3 aromatic rings. The third kappa shape index (κ3) is 6.76. The van der Waals surface area contributed by atoms with Crippen LogP contribution in [0.3, 0.4) is 0 Å². The summed E-state index contributed by atoms with van der Waals surface area (Å²) in [4.78, 5) is 17.2. The molecule has 0 aromatic heterocycles. The first-order valence-corrected chi connectivity index (χ1v) is 14.3. The number of rotatable bonds is 9. The molecule has 208 valence electrons. The number of aliphatic hydroxyl groups is 1. The quantitative estimate of drug-likeness (QED) is 0.415. The molecule has 0 spiro atoms. The van der Waals surface area contributed by atoms with Crippen LogP contribution in [0.2, 0.25) is 0 Å². The van der Waals surface area contributed by atoms with Gasteiger partial charge >= 0.3 is 0 Å². The molecule has 0 radical (unpaired) electrons. The number of aliphatic hydroxyl groups excluding tert-OH is 1. The van der Waals surface area contributed by atoms with Gasteiger partial charge in [-0.05, 0) is 55.9 Å². The first-order valence-electron chi connectivity index (χ1n) is 12.8. The van der Waals surface area contributed by atoms with Gasteiger partial charge in [-0.3, -0.25) is 14.4 Å². The lowest BCUT2D eigenvalue weighted by molar-refractivity contribution is 0.0344. The van der Waals surface area contributed by atoms with Gasteiger partial charge in [0.25, 0.3) is 15.9 Å². The average Bonchev–Trinajstić information content (AvgIpc) is 2.91. The molecule has 0 saturated heterocycles. The van der Waals surface area contributed by atoms with Crippen molar-refractivity contribution in [3.63, 3.8) is 0 Å². The predicted molar refractivity (Wildman–Crippen MR) is 148 cm³/mol. The van der Waals surface area contributed by atoms with E-state index in [0.29, 0.717) is 19.6 Å². The summed E-state index contributed by atoms with van der Waals surface area (Å²) in [7, 11) is -2.13. The summed E-state index contributed by atoms with van der Waals surface area (Å²) in [5.41, 5.74) is 1.43. The highest BCUT2D eigenvalue weighted by Crippen LogP contribution is 2.36. The van der Waals surface area contributed by atoms with E-state index in [2.05, 4.69) is 9.62 Å². The number of carbonyl (C=O) groups is 1. The van der Waals surface area contributed by atoms with E-state index in [1.807, 2.05) is 44.3 Å². The van der Waals surface area contributed by atoms with Crippen LogP contribution in [0, 0.1) is 11.7 Å². The Balaban J connectivity index is 1.71. The van der Waals surface area contributed by atoms with Crippen LogP contribution in [0.4, 0.5) is 10.1 Å². The van der Waals surface area contributed by atoms with Crippen LogP contribution >= 0.6 is 0 Å². The molecule has 0 fully saturated rings. The summed E-state index contributed by atoms with van der Waals surface area (Å²) >= 11 is 0. The minimum absolute atomic E-state index is 0.103. The summed E-state index contributed by atoms with van der Waals surface area (Å²) in [6.07, 6.45) is -0.407. The highest BCUT2D eigenvalue weighted by Gasteiger charge is 2.35. The summed E-state index contributed by atoms with van der Waals surface area (Å²) in [6, 6.07) is 18.7. The van der Waals surface area contributed by atoms with E-state index in [9.17, 15) is 22.7 Å². The number of benzene rings is 3. The van der Waals surface area contributed by atoms with Crippen molar-refractivity contribution in [3.05, 3.63) is 89.7 Å². The smallest absolute Gasteiger partial charge is 0.262 e. The first-order chi connectivity index (χ1) is 18.6. The first kappa shape index (κ1) is 28.5. The maximum atomic E-state index is 13.6. The summed E-state index contributed by atoms with van der Waals surface area (Å²) in [6.45, 7) is 5.06. The van der Waals surface area contributed by atoms with E-state index in [-0.39, 0.29) is 40.3 Å². The van der Waals surface area contributed by atoms with Crippen LogP contribution < -0.4 is 9.46 Å². The van der Waals surface area contributed by atoms with Crippen molar-refractivity contribution < 1.29 is 27.4 Å². The lowest BCUT2D eigenvalue weighted by Gasteiger charge is -2.38. The van der Waals surface area contributed by atoms with Crippen LogP contribution in [0.15, 0.2) is 77.7 Å². The molecule has 10 heteroatoms. The van der Waals surface area contributed by atoms with E-state index in [0.717, 1.165) is 17.7 Å². The lowest BCUT2D eigenvalue weighted by atomic mass is 9.99. The highest BCUT2D eigenvalue weighted by atomic mass is 32.2. The van der Waals surface area contributed by atoms with Crippen LogP contribution in [-0.4, -0.2) is 68.1 Å². The van der Waals surface area contributed by atoms with Gasteiger partial charge in [-0.25, -0.2) is 12.8 Å². The summed E-state index contributed by atoms with van der Waals surface area (Å²) in [5, 5.41) is 9.88. The van der Waals surface area contributed by atoms with Gasteiger partial charge in [0, 0.05) is 25.6 Å². The Bertz CT molecular complexity index is 1390. The van der Waals surface area contributed by atoms with E-state index in [1.165, 1.54) is 18.2 Å². The van der Waals surface area contributed by atoms with Crippen LogP contribution in [0.25, 0.3) is 0 Å². The molecule has 3 atom stereocenters. The number of sulfonamides is 1. The van der Waals surface area contributed by atoms with Crippen molar-refractivity contribution in [1.29, 1.82) is 0 Å². The van der Waals surface area contributed by atoms with Gasteiger partial charge in [-0.1, -0.05) is 43.3 Å². The van der Waals surface area contributed by atoms with Crippen molar-refractivity contribution in [2.75, 3.05) is 31.5 Å². The van der Waals surface area contributed by atoms with E-state index in [4.69, 9.17) is 4.74 Å². The molecule has 1 aliphatic rings. The van der Waals surface area contributed by atoms with Crippen LogP contribution in [0.1, 0.15) is 29.8 Å². The van der Waals surface area contributed by atoms with Gasteiger partial charge in [-0.2, -0.15) is 0 Å². The van der Waals surface area contributed by atoms with Crippen molar-refractivity contribution in [2.45, 2.75) is 37.4 Å². The number of fused-ring (bicyclic) bond motifs is 1. The number of halogens is 1. The van der Waals surface area contributed by atoms with Gasteiger partial charge in [0.2, 0.25) is 0 Å². The second-order valence-electron chi connectivity index (χ2n) is 10.0. The third-order valence-corrected chi connectivity index (χ3v) is 8.23. The Hall–Kier alpha value is -3.47. The van der Waals surface area contributed by atoms with Gasteiger partial charge in [0.15, 0.2) is 5.75 Å². The molecular formula is C29H34FN3O5S. The molecule has 0 bridgehead atoms. The Labute approximate surface area is 229 Å². The molecule has 1 heterocycles. The maximum absolute atomic E-state index is 13.6. The van der Waals surface area contributed by atoms with E-state index in [1.54, 1.807) is 24.0 Å². The highest BCUT2D eigenvalue weighted by molar-refractivity contribution is 7.92. The molecule has 0 aliphatic carbocycles. The monoisotopic (exact) mass is 555 g/mol. The Morgan fingerprint density at radius 3 is 2.46 bits per heavy atom. The number of likely N-dealkylation sites (N-methyl/N-ethyl adjacent to an activating group) is 1. The number of para-hydroxylation sites is 1. The van der Waals surface area contributed by atoms with Gasteiger partial charge < -0.3 is 14.7 Å². The molecule has 2 N–H and O–H groups in total. The van der Waals surface area contributed by atoms with Gasteiger partial charge in [-0.15, -0.1) is 0 Å². The van der Waals surface area contributed by atoms with E-state index < -0.39 is 28.0 Å². The normalized spacial score (nSPS) is 18.6. The lowest BCUT2D eigenvalue weighted by Crippen LogP contribution is -2.49. The number of hydrogen-bond donors (Lipinski definition) is 2. The second kappa shape index (κ2) is 12.1. The fourth-order valence-corrected chi connectivity index (χ4v) is 5.69. The average molecular weight is 556 g/mol. The second-order valence-corrected chi connectivity index (χ2v) is 11.7. The fourth-order valence-electron chi connectivity index (χ4n) is 4.63. The number of amides is 1. The third-order valence-electron chi connectivity index (χ3n) is 6.85. The summed E-state index contributed by atoms with van der Waals surface area (Å²) in [5.74, 6) is -0.941. The molecule has 0 unspecified atom stereocenters. The number of nitrogens with one attached hydrogen (secondary N) is 1. The molecule has 4 rings (SSSR count). The predicted octanol–water partition coefficient (Wildman–Crippen LogP) is 3.98. The van der Waals surface area contributed by atoms with Crippen molar-refractivity contribution in [3.8, 4) is 5.75 Å². The standard InChI is InChI=1S/C29H34FN3O5S/c1-20-16-33(21(2)19-34)29(35)25-10-7-11-26(31-39(36,37)24-14-12-23(30)13-15-24)28(25)38-27(20)18-32(3)17-22-8-5-4-6-9-22/h4-15,20-21,27,31,34H,16-19H2,1-3H3/t20-,21-,27-/m0/s1. The molecule has 1 amide bonds. The Kier molecular flexibility index (Phi) is 8.89. The number of nitrogens with zero attached hydrogens (tertiary/aromatic N) is 2. The molecule has 8 nitrogen and oxygen atoms in total. The van der Waals surface area contributed by atoms with E-state index >= 15 is 0 Å². The van der Waals surface area contributed by atoms with Gasteiger partial charge in [0.05, 0.1) is 28.8 Å². The maximum Gasteiger partial charge on any atom is 0.262 e. The SMILES string of the molecule is C[C@H]1CN([C@@H](C)CO)C(=O)c2cccc(NS(=O)(=O)c3ccc(F)cc3)c2O[C@H]1CN(C)Cc1ccccc1. The number of anilines is 1. The number of hydrogen-bond acceptors (Lipinski definition) is 6. The molecule has 1 aliphatic heterocycles. The minimum Gasteiger partial charge on any atom is -0.486 e. The Morgan fingerprint density at radius 1 is 1.10 bits per heavy atom. The fraction of sp³-hybridized carbons (Fsp3) is 0.345. The van der Waals surface area contributed by atoms with Crippen LogP contribution in [0.5, 0.6) is 5.75 Å². The minimum atomic E-state index is -4.10. The zero-order valence-electron chi connectivity index (χ0n) is 22.2. The van der Waals surface area contributed by atoms with Gasteiger partial charge in [0.1, 0.15) is 11.9 Å². The largest absolute Gasteiger partial charge is 0.486 e. The number of carbonyl (C=O) groups excluding carboxylic acids is 1. The molecule has 0 saturated carbocycles. The Morgan fingerprint density at radius 2 is 1.79 bits per heavy atom. The van der Waals surface area contributed by atoms with Crippen LogP contribution in [-0.2, 0) is 16.6 Å². The van der Waals surface area contributed by atoms with Crippen molar-refractivity contribution in [1.82, 2.24) is 9.80 Å². The molecule has 39 heavy (non-hydrogen) atoms. The summed E-state index contributed by atoms with van der Waals surface area (Å²) < 4.78 is 48.7. The van der Waals surface area contributed by atoms with Crippen molar-refractivity contribution >= 4 is 21.6 Å². The topological polar surface area (TPSA) is 99.2 Å². The zero-order valence-corrected chi connectivity index (χ0v) is 23.1.